The Morgan fingerprint density at radius 3 is 2.79 bits per heavy atom. The first-order valence-corrected chi connectivity index (χ1v) is 8.81. The summed E-state index contributed by atoms with van der Waals surface area (Å²) in [5, 5.41) is 3.30. The van der Waals surface area contributed by atoms with Crippen molar-refractivity contribution >= 4 is 35.2 Å². The van der Waals surface area contributed by atoms with Crippen LogP contribution in [0.25, 0.3) is 0 Å². The first-order valence-electron chi connectivity index (χ1n) is 8.43. The summed E-state index contributed by atoms with van der Waals surface area (Å²) in [5.74, 6) is -1.31. The number of anilines is 3. The number of nitrogens with one attached hydrogen (secondary N) is 1. The van der Waals surface area contributed by atoms with E-state index in [2.05, 4.69) is 20.3 Å². The molecule has 0 aliphatic rings. The van der Waals surface area contributed by atoms with Crippen LogP contribution in [0.3, 0.4) is 0 Å². The van der Waals surface area contributed by atoms with Crippen LogP contribution in [-0.4, -0.2) is 20.9 Å². The first-order chi connectivity index (χ1) is 13.5. The summed E-state index contributed by atoms with van der Waals surface area (Å²) < 4.78 is 18.8. The smallest absolute Gasteiger partial charge is 0.341 e. The Morgan fingerprint density at radius 1 is 1.21 bits per heavy atom. The summed E-state index contributed by atoms with van der Waals surface area (Å²) in [6.45, 7) is 1.73. The van der Waals surface area contributed by atoms with Gasteiger partial charge in [-0.2, -0.15) is 15.0 Å². The number of hydrogen-bond donors (Lipinski definition) is 2. The van der Waals surface area contributed by atoms with Crippen LogP contribution < -0.4 is 11.1 Å². The molecule has 9 heteroatoms. The third-order valence-corrected chi connectivity index (χ3v) is 4.06. The normalized spacial score (nSPS) is 10.5. The molecule has 3 aromatic rings. The van der Waals surface area contributed by atoms with E-state index in [9.17, 15) is 9.18 Å². The van der Waals surface area contributed by atoms with E-state index < -0.39 is 11.8 Å². The number of ether oxygens (including phenoxy) is 1. The fraction of sp³-hybridized carbons (Fsp3) is 0.158. The van der Waals surface area contributed by atoms with Gasteiger partial charge in [0.05, 0.1) is 5.56 Å². The maximum atomic E-state index is 13.8. The van der Waals surface area contributed by atoms with E-state index in [-0.39, 0.29) is 34.9 Å². The highest BCUT2D eigenvalue weighted by Crippen LogP contribution is 2.20. The highest BCUT2D eigenvalue weighted by molar-refractivity contribution is 6.30. The molecule has 3 rings (SSSR count). The van der Waals surface area contributed by atoms with Gasteiger partial charge in [-0.25, -0.2) is 9.18 Å². The Labute approximate surface area is 165 Å². The summed E-state index contributed by atoms with van der Waals surface area (Å²) in [7, 11) is 0. The Hall–Kier alpha value is -3.26. The zero-order chi connectivity index (χ0) is 20.1. The number of hydrogen-bond acceptors (Lipinski definition) is 7. The number of aryl methyl sites for hydroxylation is 1. The zero-order valence-corrected chi connectivity index (χ0v) is 15.7. The van der Waals surface area contributed by atoms with Crippen molar-refractivity contribution in [1.82, 2.24) is 15.0 Å². The van der Waals surface area contributed by atoms with Gasteiger partial charge >= 0.3 is 5.97 Å². The van der Waals surface area contributed by atoms with Gasteiger partial charge in [-0.05, 0) is 36.2 Å². The van der Waals surface area contributed by atoms with Crippen LogP contribution in [0.15, 0.2) is 42.5 Å². The molecule has 0 atom stereocenters. The van der Waals surface area contributed by atoms with E-state index >= 15 is 0 Å². The van der Waals surface area contributed by atoms with Gasteiger partial charge in [0.25, 0.3) is 0 Å². The van der Waals surface area contributed by atoms with E-state index in [1.807, 2.05) is 31.2 Å². The minimum absolute atomic E-state index is 0.0357. The van der Waals surface area contributed by atoms with Crippen LogP contribution in [0, 0.1) is 5.82 Å². The first kappa shape index (κ1) is 19.5. The second-order valence-electron chi connectivity index (χ2n) is 5.77. The van der Waals surface area contributed by atoms with Crippen molar-refractivity contribution in [2.45, 2.75) is 20.0 Å². The van der Waals surface area contributed by atoms with E-state index in [1.165, 1.54) is 12.1 Å². The monoisotopic (exact) mass is 401 g/mol. The molecule has 1 aromatic heterocycles. The molecule has 7 nitrogen and oxygen atoms in total. The minimum Gasteiger partial charge on any atom is -0.454 e. The lowest BCUT2D eigenvalue weighted by atomic mass is 10.1. The van der Waals surface area contributed by atoms with Crippen molar-refractivity contribution in [3.05, 3.63) is 70.3 Å². The number of aromatic nitrogens is 3. The molecule has 0 spiro atoms. The molecule has 0 saturated heterocycles. The van der Waals surface area contributed by atoms with Gasteiger partial charge in [-0.15, -0.1) is 0 Å². The standard InChI is InChI=1S/C19H17ClFN5O2/c1-2-11-5-3-4-6-15(11)23-19-25-16(24-18(22)26-19)10-28-17(27)13-9-12(20)7-8-14(13)21/h3-9H,2,10H2,1H3,(H3,22,23,24,25,26). The summed E-state index contributed by atoms with van der Waals surface area (Å²) in [6.07, 6.45) is 0.819. The fourth-order valence-electron chi connectivity index (χ4n) is 2.49. The average molecular weight is 402 g/mol. The highest BCUT2D eigenvalue weighted by Gasteiger charge is 2.15. The van der Waals surface area contributed by atoms with Crippen LogP contribution in [0.1, 0.15) is 28.7 Å². The summed E-state index contributed by atoms with van der Waals surface area (Å²) in [6, 6.07) is 11.3. The number of nitrogens with two attached hydrogens (primary N) is 1. The van der Waals surface area contributed by atoms with Crippen molar-refractivity contribution in [3.63, 3.8) is 0 Å². The molecule has 0 aliphatic heterocycles. The minimum atomic E-state index is -0.884. The van der Waals surface area contributed by atoms with Gasteiger partial charge in [0.2, 0.25) is 11.9 Å². The SMILES string of the molecule is CCc1ccccc1Nc1nc(N)nc(COC(=O)c2cc(Cl)ccc2F)n1. The van der Waals surface area contributed by atoms with Gasteiger partial charge in [-0.3, -0.25) is 0 Å². The molecule has 0 saturated carbocycles. The molecule has 0 aliphatic carbocycles. The maximum Gasteiger partial charge on any atom is 0.341 e. The number of carbonyl (C=O) groups is 1. The van der Waals surface area contributed by atoms with Gasteiger partial charge in [0, 0.05) is 10.7 Å². The number of benzene rings is 2. The number of esters is 1. The van der Waals surface area contributed by atoms with Gasteiger partial charge in [0.15, 0.2) is 12.4 Å². The molecule has 3 N–H and O–H groups in total. The highest BCUT2D eigenvalue weighted by atomic mass is 35.5. The van der Waals surface area contributed by atoms with Crippen LogP contribution >= 0.6 is 11.6 Å². The van der Waals surface area contributed by atoms with E-state index in [0.29, 0.717) is 0 Å². The summed E-state index contributed by atoms with van der Waals surface area (Å²) in [5.41, 5.74) is 7.36. The molecule has 28 heavy (non-hydrogen) atoms. The molecule has 1 heterocycles. The summed E-state index contributed by atoms with van der Waals surface area (Å²) in [4.78, 5) is 24.3. The van der Waals surface area contributed by atoms with Gasteiger partial charge in [-0.1, -0.05) is 36.7 Å². The molecule has 0 fully saturated rings. The lowest BCUT2D eigenvalue weighted by molar-refractivity contribution is 0.0457. The number of carbonyl (C=O) groups excluding carboxylic acids is 1. The number of halogens is 2. The fourth-order valence-corrected chi connectivity index (χ4v) is 2.66. The number of rotatable bonds is 6. The van der Waals surface area contributed by atoms with Crippen LogP contribution in [0.2, 0.25) is 5.02 Å². The van der Waals surface area contributed by atoms with E-state index in [4.69, 9.17) is 22.1 Å². The maximum absolute atomic E-state index is 13.8. The second kappa shape index (κ2) is 8.62. The Morgan fingerprint density at radius 2 is 2.00 bits per heavy atom. The van der Waals surface area contributed by atoms with Crippen molar-refractivity contribution in [2.24, 2.45) is 0 Å². The van der Waals surface area contributed by atoms with Crippen LogP contribution in [0.5, 0.6) is 0 Å². The number of para-hydroxylation sites is 1. The molecular formula is C19H17ClFN5O2. The predicted molar refractivity (Wildman–Crippen MR) is 104 cm³/mol. The molecule has 2 aromatic carbocycles. The molecule has 0 radical (unpaired) electrons. The van der Waals surface area contributed by atoms with Crippen LogP contribution in [0.4, 0.5) is 22.0 Å². The Balaban J connectivity index is 1.74. The van der Waals surface area contributed by atoms with Crippen LogP contribution in [-0.2, 0) is 17.8 Å². The third kappa shape index (κ3) is 4.72. The topological polar surface area (TPSA) is 103 Å². The molecule has 144 valence electrons. The average Bonchev–Trinajstić information content (AvgIpc) is 2.68. The Bertz CT molecular complexity index is 1020. The van der Waals surface area contributed by atoms with E-state index in [0.717, 1.165) is 23.7 Å². The Kier molecular flexibility index (Phi) is 6.00. The predicted octanol–water partition coefficient (Wildman–Crippen LogP) is 3.91. The van der Waals surface area contributed by atoms with Crippen molar-refractivity contribution in [2.75, 3.05) is 11.1 Å². The summed E-state index contributed by atoms with van der Waals surface area (Å²) >= 11 is 5.79. The third-order valence-electron chi connectivity index (χ3n) is 3.82. The molecular weight excluding hydrogens is 385 g/mol. The van der Waals surface area contributed by atoms with Gasteiger partial charge in [0.1, 0.15) is 5.82 Å². The molecule has 0 amide bonds. The van der Waals surface area contributed by atoms with Crippen molar-refractivity contribution in [1.29, 1.82) is 0 Å². The lowest BCUT2D eigenvalue weighted by Gasteiger charge is -2.11. The molecule has 0 unspecified atom stereocenters. The number of nitrogen functional groups attached to an aromatic ring is 1. The molecule has 0 bridgehead atoms. The zero-order valence-electron chi connectivity index (χ0n) is 14.9. The van der Waals surface area contributed by atoms with Gasteiger partial charge < -0.3 is 15.8 Å². The van der Waals surface area contributed by atoms with Crippen molar-refractivity contribution < 1.29 is 13.9 Å². The largest absolute Gasteiger partial charge is 0.454 e. The van der Waals surface area contributed by atoms with Crippen molar-refractivity contribution in [3.8, 4) is 0 Å². The quantitative estimate of drug-likeness (QED) is 0.603. The number of nitrogens with zero attached hydrogens (tertiary/aromatic N) is 3. The second-order valence-corrected chi connectivity index (χ2v) is 6.21. The lowest BCUT2D eigenvalue weighted by Crippen LogP contribution is -2.12. The van der Waals surface area contributed by atoms with E-state index in [1.54, 1.807) is 0 Å².